The Labute approximate surface area is 117 Å². The van der Waals surface area contributed by atoms with Crippen LogP contribution < -0.4 is 15.2 Å². The number of aromatic nitrogens is 2. The molecule has 108 valence electrons. The fourth-order valence-electron chi connectivity index (χ4n) is 1.77. The molecule has 20 heavy (non-hydrogen) atoms. The maximum Gasteiger partial charge on any atom is 0.244 e. The van der Waals surface area contributed by atoms with Crippen LogP contribution in [0.3, 0.4) is 0 Å². The summed E-state index contributed by atoms with van der Waals surface area (Å²) in [6.07, 6.45) is 3.20. The predicted molar refractivity (Wildman–Crippen MR) is 74.7 cm³/mol. The molecule has 0 saturated heterocycles. The van der Waals surface area contributed by atoms with E-state index in [1.54, 1.807) is 19.3 Å². The second kappa shape index (κ2) is 5.51. The summed E-state index contributed by atoms with van der Waals surface area (Å²) in [6.45, 7) is 1.73. The monoisotopic (exact) mass is 296 g/mol. The van der Waals surface area contributed by atoms with Crippen LogP contribution in [0.1, 0.15) is 18.5 Å². The first-order valence-electron chi connectivity index (χ1n) is 5.88. The van der Waals surface area contributed by atoms with Crippen molar-refractivity contribution in [3.05, 3.63) is 36.2 Å². The topological polar surface area (TPSA) is 110 Å². The number of benzene rings is 1. The third kappa shape index (κ3) is 2.91. The van der Waals surface area contributed by atoms with Crippen LogP contribution in [0.5, 0.6) is 5.75 Å². The fourth-order valence-corrected chi connectivity index (χ4v) is 3.15. The molecule has 0 aliphatic carbocycles. The lowest BCUT2D eigenvalue weighted by molar-refractivity contribution is 0.402. The Kier molecular flexibility index (Phi) is 3.96. The molecular weight excluding hydrogens is 280 g/mol. The zero-order chi connectivity index (χ0) is 14.8. The molecule has 8 heteroatoms. The molecule has 0 amide bonds. The molecule has 0 fully saturated rings. The average molecular weight is 296 g/mol. The molecular formula is C12H16N4O3S. The first-order valence-corrected chi connectivity index (χ1v) is 7.37. The SMILES string of the molecule is COc1cc(N)ccc1S(=O)(=O)NC(C)c1cn[nH]c1. The molecule has 0 bridgehead atoms. The van der Waals surface area contributed by atoms with Crippen LogP contribution in [0.25, 0.3) is 0 Å². The minimum Gasteiger partial charge on any atom is -0.495 e. The number of nitrogens with one attached hydrogen (secondary N) is 2. The molecule has 0 aliphatic rings. The van der Waals surface area contributed by atoms with Crippen molar-refractivity contribution in [2.45, 2.75) is 17.9 Å². The molecule has 0 aliphatic heterocycles. The number of aromatic amines is 1. The normalized spacial score (nSPS) is 13.1. The van der Waals surface area contributed by atoms with Crippen molar-refractivity contribution < 1.29 is 13.2 Å². The van der Waals surface area contributed by atoms with Crippen molar-refractivity contribution in [1.29, 1.82) is 0 Å². The molecule has 0 radical (unpaired) electrons. The maximum absolute atomic E-state index is 12.4. The lowest BCUT2D eigenvalue weighted by Gasteiger charge is -2.15. The van der Waals surface area contributed by atoms with Crippen LogP contribution in [0.4, 0.5) is 5.69 Å². The number of hydrogen-bond donors (Lipinski definition) is 3. The average Bonchev–Trinajstić information content (AvgIpc) is 2.91. The second-order valence-electron chi connectivity index (χ2n) is 4.28. The molecule has 1 aromatic carbocycles. The van der Waals surface area contributed by atoms with E-state index >= 15 is 0 Å². The zero-order valence-corrected chi connectivity index (χ0v) is 11.9. The minimum absolute atomic E-state index is 0.0459. The van der Waals surface area contributed by atoms with Gasteiger partial charge in [0.2, 0.25) is 10.0 Å². The summed E-state index contributed by atoms with van der Waals surface area (Å²) in [6, 6.07) is 3.98. The summed E-state index contributed by atoms with van der Waals surface area (Å²) in [7, 11) is -2.32. The summed E-state index contributed by atoms with van der Waals surface area (Å²) in [5.41, 5.74) is 6.79. The van der Waals surface area contributed by atoms with E-state index in [1.165, 1.54) is 25.3 Å². The summed E-state index contributed by atoms with van der Waals surface area (Å²) >= 11 is 0. The number of nitrogens with two attached hydrogens (primary N) is 1. The molecule has 4 N–H and O–H groups in total. The Balaban J connectivity index is 2.31. The smallest absolute Gasteiger partial charge is 0.244 e. The van der Waals surface area contributed by atoms with Crippen LogP contribution in [-0.2, 0) is 10.0 Å². The van der Waals surface area contributed by atoms with Crippen molar-refractivity contribution in [3.8, 4) is 5.75 Å². The number of rotatable bonds is 5. The van der Waals surface area contributed by atoms with Gasteiger partial charge < -0.3 is 10.5 Å². The standard InChI is InChI=1S/C12H16N4O3S/c1-8(9-6-14-15-7-9)16-20(17,18)12-4-3-10(13)5-11(12)19-2/h3-8,16H,13H2,1-2H3,(H,14,15). The van der Waals surface area contributed by atoms with Gasteiger partial charge in [-0.05, 0) is 19.1 Å². The number of anilines is 1. The molecule has 1 aromatic heterocycles. The number of nitrogens with zero attached hydrogens (tertiary/aromatic N) is 1. The van der Waals surface area contributed by atoms with E-state index in [4.69, 9.17) is 10.5 Å². The van der Waals surface area contributed by atoms with Crippen LogP contribution in [-0.4, -0.2) is 25.7 Å². The Hall–Kier alpha value is -2.06. The van der Waals surface area contributed by atoms with Crippen molar-refractivity contribution in [3.63, 3.8) is 0 Å². The van der Waals surface area contributed by atoms with Crippen LogP contribution >= 0.6 is 0 Å². The first kappa shape index (κ1) is 14.4. The van der Waals surface area contributed by atoms with Crippen LogP contribution in [0, 0.1) is 0 Å². The Morgan fingerprint density at radius 2 is 2.20 bits per heavy atom. The molecule has 0 spiro atoms. The lowest BCUT2D eigenvalue weighted by atomic mass is 10.2. The number of H-pyrrole nitrogens is 1. The highest BCUT2D eigenvalue weighted by molar-refractivity contribution is 7.89. The first-order chi connectivity index (χ1) is 9.44. The van der Waals surface area contributed by atoms with Crippen molar-refractivity contribution >= 4 is 15.7 Å². The van der Waals surface area contributed by atoms with Gasteiger partial charge in [0.05, 0.1) is 13.3 Å². The van der Waals surface area contributed by atoms with E-state index in [9.17, 15) is 8.42 Å². The van der Waals surface area contributed by atoms with E-state index in [0.717, 1.165) is 5.56 Å². The van der Waals surface area contributed by atoms with E-state index < -0.39 is 16.1 Å². The van der Waals surface area contributed by atoms with Crippen LogP contribution in [0.2, 0.25) is 0 Å². The van der Waals surface area contributed by atoms with E-state index in [-0.39, 0.29) is 10.6 Å². The van der Waals surface area contributed by atoms with Crippen LogP contribution in [0.15, 0.2) is 35.5 Å². The van der Waals surface area contributed by atoms with E-state index in [2.05, 4.69) is 14.9 Å². The Morgan fingerprint density at radius 3 is 2.80 bits per heavy atom. The second-order valence-corrected chi connectivity index (χ2v) is 5.97. The number of methoxy groups -OCH3 is 1. The molecule has 7 nitrogen and oxygen atoms in total. The van der Waals surface area contributed by atoms with Crippen molar-refractivity contribution in [2.75, 3.05) is 12.8 Å². The van der Waals surface area contributed by atoms with Gasteiger partial charge in [0.1, 0.15) is 10.6 Å². The number of hydrogen-bond acceptors (Lipinski definition) is 5. The van der Waals surface area contributed by atoms with E-state index in [1.807, 2.05) is 0 Å². The number of nitrogen functional groups attached to an aromatic ring is 1. The van der Waals surface area contributed by atoms with Gasteiger partial charge in [-0.15, -0.1) is 0 Å². The van der Waals surface area contributed by atoms with Gasteiger partial charge in [0, 0.05) is 29.6 Å². The van der Waals surface area contributed by atoms with Gasteiger partial charge in [-0.2, -0.15) is 5.10 Å². The summed E-state index contributed by atoms with van der Waals surface area (Å²) in [4.78, 5) is 0.0459. The molecule has 1 unspecified atom stereocenters. The zero-order valence-electron chi connectivity index (χ0n) is 11.1. The maximum atomic E-state index is 12.4. The number of sulfonamides is 1. The third-order valence-electron chi connectivity index (χ3n) is 2.83. The Bertz CT molecular complexity index is 683. The van der Waals surface area contributed by atoms with Gasteiger partial charge >= 0.3 is 0 Å². The molecule has 1 heterocycles. The molecule has 2 aromatic rings. The fraction of sp³-hybridized carbons (Fsp3) is 0.250. The molecule has 0 saturated carbocycles. The van der Waals surface area contributed by atoms with Gasteiger partial charge in [-0.25, -0.2) is 13.1 Å². The largest absolute Gasteiger partial charge is 0.495 e. The van der Waals surface area contributed by atoms with Crippen molar-refractivity contribution in [1.82, 2.24) is 14.9 Å². The van der Waals surface area contributed by atoms with Gasteiger partial charge in [0.25, 0.3) is 0 Å². The van der Waals surface area contributed by atoms with E-state index in [0.29, 0.717) is 5.69 Å². The van der Waals surface area contributed by atoms with Crippen molar-refractivity contribution in [2.24, 2.45) is 0 Å². The quantitative estimate of drug-likeness (QED) is 0.714. The third-order valence-corrected chi connectivity index (χ3v) is 4.41. The summed E-state index contributed by atoms with van der Waals surface area (Å²) in [5, 5.41) is 6.43. The Morgan fingerprint density at radius 1 is 1.45 bits per heavy atom. The summed E-state index contributed by atoms with van der Waals surface area (Å²) < 4.78 is 32.4. The lowest BCUT2D eigenvalue weighted by Crippen LogP contribution is -2.27. The summed E-state index contributed by atoms with van der Waals surface area (Å²) in [5.74, 6) is 0.205. The minimum atomic E-state index is -3.72. The van der Waals surface area contributed by atoms with Gasteiger partial charge in [0.15, 0.2) is 0 Å². The predicted octanol–water partition coefficient (Wildman–Crippen LogP) is 1.04. The highest BCUT2D eigenvalue weighted by atomic mass is 32.2. The highest BCUT2D eigenvalue weighted by Gasteiger charge is 2.22. The van der Waals surface area contributed by atoms with Gasteiger partial charge in [-0.1, -0.05) is 0 Å². The highest BCUT2D eigenvalue weighted by Crippen LogP contribution is 2.27. The number of ether oxygens (including phenoxy) is 1. The molecule has 1 atom stereocenters. The van der Waals surface area contributed by atoms with Gasteiger partial charge in [-0.3, -0.25) is 5.10 Å². The molecule has 2 rings (SSSR count).